The van der Waals surface area contributed by atoms with E-state index in [0.29, 0.717) is 6.04 Å². The van der Waals surface area contributed by atoms with Crippen LogP contribution in [-0.2, 0) is 6.54 Å². The van der Waals surface area contributed by atoms with Crippen molar-refractivity contribution < 1.29 is 5.11 Å². The second kappa shape index (κ2) is 8.13. The zero-order valence-corrected chi connectivity index (χ0v) is 15.6. The van der Waals surface area contributed by atoms with E-state index < -0.39 is 0 Å². The Bertz CT molecular complexity index is 668. The van der Waals surface area contributed by atoms with Crippen LogP contribution in [0.5, 0.6) is 0 Å². The van der Waals surface area contributed by atoms with Gasteiger partial charge in [-0.05, 0) is 44.0 Å². The highest BCUT2D eigenvalue weighted by atomic mass is 16.3. The van der Waals surface area contributed by atoms with Gasteiger partial charge in [-0.25, -0.2) is 4.68 Å². The second-order valence-corrected chi connectivity index (χ2v) is 7.06. The summed E-state index contributed by atoms with van der Waals surface area (Å²) in [6, 6.07) is 11.2. The predicted molar refractivity (Wildman–Crippen MR) is 101 cm³/mol. The third-order valence-corrected chi connectivity index (χ3v) is 5.20. The lowest BCUT2D eigenvalue weighted by atomic mass is 10.1. The first kappa shape index (κ1) is 18.1. The number of aryl methyl sites for hydroxylation is 2. The number of hydrogen-bond donors (Lipinski definition) is 1. The zero-order chi connectivity index (χ0) is 17.8. The molecule has 0 amide bonds. The number of aromatic nitrogens is 2. The van der Waals surface area contributed by atoms with E-state index in [1.807, 2.05) is 11.6 Å². The fourth-order valence-corrected chi connectivity index (χ4v) is 3.68. The van der Waals surface area contributed by atoms with Crippen LogP contribution in [0.4, 0.5) is 0 Å². The molecule has 1 aliphatic heterocycles. The third-order valence-electron chi connectivity index (χ3n) is 5.20. The summed E-state index contributed by atoms with van der Waals surface area (Å²) in [6.07, 6.45) is 1.02. The van der Waals surface area contributed by atoms with Crippen LogP contribution >= 0.6 is 0 Å². The zero-order valence-electron chi connectivity index (χ0n) is 15.6. The molecule has 136 valence electrons. The van der Waals surface area contributed by atoms with E-state index in [-0.39, 0.29) is 6.61 Å². The molecule has 1 saturated heterocycles. The first-order valence-electron chi connectivity index (χ1n) is 9.30. The average molecular weight is 342 g/mol. The van der Waals surface area contributed by atoms with Crippen molar-refractivity contribution >= 4 is 0 Å². The molecule has 1 N–H and O–H groups in total. The molecule has 2 heterocycles. The van der Waals surface area contributed by atoms with Crippen molar-refractivity contribution in [3.63, 3.8) is 0 Å². The number of nitrogens with zero attached hydrogens (tertiary/aromatic N) is 4. The number of aliphatic hydroxyl groups excluding tert-OH is 1. The van der Waals surface area contributed by atoms with E-state index in [1.54, 1.807) is 0 Å². The molecule has 0 aliphatic carbocycles. The highest BCUT2D eigenvalue weighted by Gasteiger charge is 2.22. The lowest BCUT2D eigenvalue weighted by Crippen LogP contribution is -2.50. The predicted octanol–water partition coefficient (Wildman–Crippen LogP) is 2.38. The molecular formula is C20H30N4O. The normalized spacial score (nSPS) is 17.8. The standard InChI is InChI=1S/C20H30N4O/c1-4-19(15-25)23-11-9-22(10-12-23)14-18-5-7-20(8-6-18)24-17(3)13-16(2)21-24/h5-8,13,19,25H,4,9-12,14-15H2,1-3H3. The maximum Gasteiger partial charge on any atom is 0.0648 e. The maximum atomic E-state index is 9.46. The number of aliphatic hydroxyl groups is 1. The highest BCUT2D eigenvalue weighted by molar-refractivity contribution is 5.36. The van der Waals surface area contributed by atoms with Crippen molar-refractivity contribution in [1.29, 1.82) is 0 Å². The molecule has 25 heavy (non-hydrogen) atoms. The summed E-state index contributed by atoms with van der Waals surface area (Å²) in [5.41, 5.74) is 4.67. The minimum absolute atomic E-state index is 0.268. The number of hydrogen-bond acceptors (Lipinski definition) is 4. The Hall–Kier alpha value is -1.69. The van der Waals surface area contributed by atoms with Crippen LogP contribution in [0.1, 0.15) is 30.3 Å². The molecule has 1 aromatic heterocycles. The molecule has 1 aromatic carbocycles. The lowest BCUT2D eigenvalue weighted by Gasteiger charge is -2.38. The molecule has 1 fully saturated rings. The molecule has 3 rings (SSSR count). The number of piperazine rings is 1. The van der Waals surface area contributed by atoms with Crippen molar-refractivity contribution in [1.82, 2.24) is 19.6 Å². The molecule has 0 radical (unpaired) electrons. The van der Waals surface area contributed by atoms with Gasteiger partial charge in [0.25, 0.3) is 0 Å². The van der Waals surface area contributed by atoms with Gasteiger partial charge in [0.2, 0.25) is 0 Å². The molecule has 0 saturated carbocycles. The number of rotatable bonds is 6. The molecule has 1 atom stereocenters. The smallest absolute Gasteiger partial charge is 0.0648 e. The minimum atomic E-state index is 0.268. The second-order valence-electron chi connectivity index (χ2n) is 7.06. The van der Waals surface area contributed by atoms with Crippen LogP contribution < -0.4 is 0 Å². The van der Waals surface area contributed by atoms with Crippen molar-refractivity contribution in [2.24, 2.45) is 0 Å². The van der Waals surface area contributed by atoms with Crippen molar-refractivity contribution in [3.8, 4) is 5.69 Å². The fraction of sp³-hybridized carbons (Fsp3) is 0.550. The van der Waals surface area contributed by atoms with Gasteiger partial charge in [-0.3, -0.25) is 9.80 Å². The van der Waals surface area contributed by atoms with E-state index in [9.17, 15) is 5.11 Å². The summed E-state index contributed by atoms with van der Waals surface area (Å²) >= 11 is 0. The van der Waals surface area contributed by atoms with Gasteiger partial charge < -0.3 is 5.11 Å². The summed E-state index contributed by atoms with van der Waals surface area (Å²) in [7, 11) is 0. The Labute approximate surface area is 150 Å². The third kappa shape index (κ3) is 4.29. The SMILES string of the molecule is CCC(CO)N1CCN(Cc2ccc(-n3nc(C)cc3C)cc2)CC1. The van der Waals surface area contributed by atoms with E-state index in [4.69, 9.17) is 0 Å². The van der Waals surface area contributed by atoms with Crippen LogP contribution in [0.3, 0.4) is 0 Å². The van der Waals surface area contributed by atoms with E-state index in [1.165, 1.54) is 5.56 Å². The van der Waals surface area contributed by atoms with Gasteiger partial charge >= 0.3 is 0 Å². The largest absolute Gasteiger partial charge is 0.395 e. The lowest BCUT2D eigenvalue weighted by molar-refractivity contribution is 0.0608. The summed E-state index contributed by atoms with van der Waals surface area (Å²) in [5.74, 6) is 0. The monoisotopic (exact) mass is 342 g/mol. The van der Waals surface area contributed by atoms with Crippen molar-refractivity contribution in [2.45, 2.75) is 39.8 Å². The quantitative estimate of drug-likeness (QED) is 0.875. The highest BCUT2D eigenvalue weighted by Crippen LogP contribution is 2.16. The van der Waals surface area contributed by atoms with Crippen LogP contribution in [0.25, 0.3) is 5.69 Å². The summed E-state index contributed by atoms with van der Waals surface area (Å²) in [6.45, 7) is 11.7. The molecule has 0 spiro atoms. The van der Waals surface area contributed by atoms with E-state index in [0.717, 1.165) is 56.2 Å². The van der Waals surface area contributed by atoms with Gasteiger partial charge in [-0.1, -0.05) is 19.1 Å². The number of benzene rings is 1. The van der Waals surface area contributed by atoms with Gasteiger partial charge in [-0.15, -0.1) is 0 Å². The van der Waals surface area contributed by atoms with Crippen LogP contribution in [-0.4, -0.2) is 63.5 Å². The Morgan fingerprint density at radius 1 is 1.08 bits per heavy atom. The van der Waals surface area contributed by atoms with Crippen molar-refractivity contribution in [2.75, 3.05) is 32.8 Å². The van der Waals surface area contributed by atoms with Gasteiger partial charge in [0.05, 0.1) is 18.0 Å². The molecule has 5 nitrogen and oxygen atoms in total. The van der Waals surface area contributed by atoms with Gasteiger partial charge in [-0.2, -0.15) is 5.10 Å². The molecule has 1 unspecified atom stereocenters. The van der Waals surface area contributed by atoms with Crippen LogP contribution in [0.15, 0.2) is 30.3 Å². The van der Waals surface area contributed by atoms with Gasteiger partial charge in [0.15, 0.2) is 0 Å². The minimum Gasteiger partial charge on any atom is -0.395 e. The fourth-order valence-electron chi connectivity index (χ4n) is 3.68. The molecule has 0 bridgehead atoms. The van der Waals surface area contributed by atoms with E-state index >= 15 is 0 Å². The first-order valence-corrected chi connectivity index (χ1v) is 9.30. The first-order chi connectivity index (χ1) is 12.1. The Morgan fingerprint density at radius 3 is 2.28 bits per heavy atom. The summed E-state index contributed by atoms with van der Waals surface area (Å²) in [4.78, 5) is 4.92. The molecule has 1 aliphatic rings. The van der Waals surface area contributed by atoms with E-state index in [2.05, 4.69) is 59.1 Å². The maximum absolute atomic E-state index is 9.46. The summed E-state index contributed by atoms with van der Waals surface area (Å²) < 4.78 is 2.00. The Kier molecular flexibility index (Phi) is 5.89. The average Bonchev–Trinajstić information content (AvgIpc) is 2.96. The Morgan fingerprint density at radius 2 is 1.76 bits per heavy atom. The summed E-state index contributed by atoms with van der Waals surface area (Å²) in [5, 5.41) is 14.0. The van der Waals surface area contributed by atoms with Gasteiger partial charge in [0.1, 0.15) is 0 Å². The van der Waals surface area contributed by atoms with Crippen LogP contribution in [0.2, 0.25) is 0 Å². The molecule has 2 aromatic rings. The van der Waals surface area contributed by atoms with Crippen molar-refractivity contribution in [3.05, 3.63) is 47.3 Å². The molecule has 5 heteroatoms. The van der Waals surface area contributed by atoms with Crippen LogP contribution in [0, 0.1) is 13.8 Å². The molecular weight excluding hydrogens is 312 g/mol. The topological polar surface area (TPSA) is 44.5 Å². The van der Waals surface area contributed by atoms with Gasteiger partial charge in [0, 0.05) is 44.5 Å². The Balaban J connectivity index is 1.57.